The summed E-state index contributed by atoms with van der Waals surface area (Å²) in [5.41, 5.74) is 0.884. The van der Waals surface area contributed by atoms with Gasteiger partial charge in [-0.2, -0.15) is 0 Å². The molecule has 0 aliphatic carbocycles. The van der Waals surface area contributed by atoms with Crippen LogP contribution in [0.15, 0.2) is 12.3 Å². The lowest BCUT2D eigenvalue weighted by molar-refractivity contribution is 0.646. The molecule has 54 valence electrons. The molecule has 0 saturated heterocycles. The second kappa shape index (κ2) is 7.21. The molecule has 0 amide bonds. The number of hydrogen-bond acceptors (Lipinski definition) is 1. The third kappa shape index (κ3) is 7.21. The van der Waals surface area contributed by atoms with E-state index in [4.69, 9.17) is 5.41 Å². The molecule has 0 spiro atoms. The molecule has 0 rings (SSSR count). The molecule has 2 heteroatoms. The highest BCUT2D eigenvalue weighted by Crippen LogP contribution is 1.88. The molecule has 0 aliphatic rings. The van der Waals surface area contributed by atoms with E-state index < -0.39 is 0 Å². The van der Waals surface area contributed by atoms with Gasteiger partial charge in [0.2, 0.25) is 0 Å². The highest BCUT2D eigenvalue weighted by molar-refractivity contribution is 5.52. The minimum Gasteiger partial charge on any atom is -0.341 e. The Morgan fingerprint density at radius 2 is 1.89 bits per heavy atom. The quantitative estimate of drug-likeness (QED) is 0.447. The smallest absolute Gasteiger partial charge is 0.0856 e. The van der Waals surface area contributed by atoms with E-state index in [0.29, 0.717) is 0 Å². The largest absolute Gasteiger partial charge is 0.341 e. The standard InChI is InChI=1S/C5H10N2.C2H6/c1-5(2)7(3)4-6;1-2/h4,6H,1H2,2-3H3;1-2H3. The van der Waals surface area contributed by atoms with E-state index in [1.807, 2.05) is 20.8 Å². The number of nitrogens with zero attached hydrogens (tertiary/aromatic N) is 1. The summed E-state index contributed by atoms with van der Waals surface area (Å²) in [7, 11) is 1.79. The molecule has 0 atom stereocenters. The van der Waals surface area contributed by atoms with Gasteiger partial charge >= 0.3 is 0 Å². The van der Waals surface area contributed by atoms with E-state index in [1.165, 1.54) is 6.34 Å². The van der Waals surface area contributed by atoms with Crippen molar-refractivity contribution in [3.05, 3.63) is 12.3 Å². The molecule has 2 nitrogen and oxygen atoms in total. The summed E-state index contributed by atoms with van der Waals surface area (Å²) in [6.45, 7) is 9.45. The van der Waals surface area contributed by atoms with Crippen molar-refractivity contribution < 1.29 is 0 Å². The Labute approximate surface area is 57.7 Å². The first-order chi connectivity index (χ1) is 4.18. The molecule has 0 heterocycles. The molecule has 0 unspecified atom stereocenters. The normalized spacial score (nSPS) is 6.67. The molecule has 0 radical (unpaired) electrons. The highest BCUT2D eigenvalue weighted by Gasteiger charge is 1.84. The monoisotopic (exact) mass is 128 g/mol. The van der Waals surface area contributed by atoms with E-state index >= 15 is 0 Å². The SMILES string of the molecule is C=C(C)N(C)C=N.CC. The van der Waals surface area contributed by atoms with Gasteiger partial charge in [-0.3, -0.25) is 5.41 Å². The van der Waals surface area contributed by atoms with Gasteiger partial charge in [-0.1, -0.05) is 20.4 Å². The van der Waals surface area contributed by atoms with Crippen LogP contribution < -0.4 is 0 Å². The zero-order valence-corrected chi connectivity index (χ0v) is 6.73. The fraction of sp³-hybridized carbons (Fsp3) is 0.571. The minimum atomic E-state index is 0.884. The van der Waals surface area contributed by atoms with Gasteiger partial charge in [-0.25, -0.2) is 0 Å². The van der Waals surface area contributed by atoms with Gasteiger partial charge in [-0.15, -0.1) is 0 Å². The first kappa shape index (κ1) is 11.1. The van der Waals surface area contributed by atoms with E-state index in [1.54, 1.807) is 11.9 Å². The third-order valence-corrected chi connectivity index (χ3v) is 0.796. The molecule has 0 bridgehead atoms. The van der Waals surface area contributed by atoms with Crippen LogP contribution >= 0.6 is 0 Å². The van der Waals surface area contributed by atoms with Crippen molar-refractivity contribution in [2.75, 3.05) is 7.05 Å². The van der Waals surface area contributed by atoms with E-state index in [2.05, 4.69) is 6.58 Å². The van der Waals surface area contributed by atoms with Crippen LogP contribution in [-0.4, -0.2) is 18.3 Å². The summed E-state index contributed by atoms with van der Waals surface area (Å²) in [5.74, 6) is 0. The fourth-order valence-corrected chi connectivity index (χ4v) is 0.110. The molecule has 0 saturated carbocycles. The van der Waals surface area contributed by atoms with E-state index in [-0.39, 0.29) is 0 Å². The summed E-state index contributed by atoms with van der Waals surface area (Å²) in [6, 6.07) is 0. The summed E-state index contributed by atoms with van der Waals surface area (Å²) < 4.78 is 0. The van der Waals surface area contributed by atoms with Crippen molar-refractivity contribution in [3.8, 4) is 0 Å². The lowest BCUT2D eigenvalue weighted by Crippen LogP contribution is -2.10. The summed E-state index contributed by atoms with van der Waals surface area (Å²) in [4.78, 5) is 1.64. The van der Waals surface area contributed by atoms with Crippen LogP contribution in [-0.2, 0) is 0 Å². The summed E-state index contributed by atoms with van der Waals surface area (Å²) >= 11 is 0. The predicted octanol–water partition coefficient (Wildman–Crippen LogP) is 2.09. The average molecular weight is 128 g/mol. The van der Waals surface area contributed by atoms with Crippen molar-refractivity contribution in [2.45, 2.75) is 20.8 Å². The van der Waals surface area contributed by atoms with Crippen LogP contribution in [0, 0.1) is 5.41 Å². The molecular formula is C7H16N2. The molecule has 0 aliphatic heterocycles. The lowest BCUT2D eigenvalue weighted by Gasteiger charge is -2.08. The van der Waals surface area contributed by atoms with Crippen molar-refractivity contribution >= 4 is 6.34 Å². The van der Waals surface area contributed by atoms with Crippen LogP contribution in [0.3, 0.4) is 0 Å². The molecule has 1 N–H and O–H groups in total. The zero-order chi connectivity index (χ0) is 7.86. The molecular weight excluding hydrogens is 112 g/mol. The zero-order valence-electron chi connectivity index (χ0n) is 6.73. The Hall–Kier alpha value is -0.790. The Kier molecular flexibility index (Phi) is 8.87. The molecule has 0 aromatic rings. The third-order valence-electron chi connectivity index (χ3n) is 0.796. The van der Waals surface area contributed by atoms with Crippen molar-refractivity contribution in [3.63, 3.8) is 0 Å². The summed E-state index contributed by atoms with van der Waals surface area (Å²) in [5, 5.41) is 6.68. The van der Waals surface area contributed by atoms with Crippen molar-refractivity contribution in [1.82, 2.24) is 4.90 Å². The second-order valence-electron chi connectivity index (χ2n) is 1.48. The number of rotatable bonds is 2. The van der Waals surface area contributed by atoms with Gasteiger partial charge in [0.05, 0.1) is 6.34 Å². The Morgan fingerprint density at radius 1 is 1.56 bits per heavy atom. The van der Waals surface area contributed by atoms with Crippen LogP contribution in [0.25, 0.3) is 0 Å². The first-order valence-electron chi connectivity index (χ1n) is 3.07. The van der Waals surface area contributed by atoms with Crippen LogP contribution in [0.1, 0.15) is 20.8 Å². The van der Waals surface area contributed by atoms with Crippen LogP contribution in [0.5, 0.6) is 0 Å². The molecule has 0 fully saturated rings. The number of nitrogens with one attached hydrogen (secondary N) is 1. The van der Waals surface area contributed by atoms with E-state index in [9.17, 15) is 0 Å². The second-order valence-corrected chi connectivity index (χ2v) is 1.48. The minimum absolute atomic E-state index is 0.884. The average Bonchev–Trinajstić information content (AvgIpc) is 1.91. The molecule has 0 aromatic carbocycles. The Balaban J connectivity index is 0. The van der Waals surface area contributed by atoms with Gasteiger partial charge in [0.15, 0.2) is 0 Å². The van der Waals surface area contributed by atoms with Gasteiger partial charge in [0, 0.05) is 12.7 Å². The van der Waals surface area contributed by atoms with Gasteiger partial charge in [-0.05, 0) is 6.92 Å². The van der Waals surface area contributed by atoms with Crippen molar-refractivity contribution in [2.24, 2.45) is 0 Å². The summed E-state index contributed by atoms with van der Waals surface area (Å²) in [6.07, 6.45) is 1.22. The topological polar surface area (TPSA) is 27.1 Å². The number of hydrogen-bond donors (Lipinski definition) is 1. The van der Waals surface area contributed by atoms with Crippen LogP contribution in [0.2, 0.25) is 0 Å². The molecule has 9 heavy (non-hydrogen) atoms. The fourth-order valence-electron chi connectivity index (χ4n) is 0.110. The number of allylic oxidation sites excluding steroid dienone is 1. The van der Waals surface area contributed by atoms with E-state index in [0.717, 1.165) is 5.70 Å². The van der Waals surface area contributed by atoms with Gasteiger partial charge in [0.1, 0.15) is 0 Å². The maximum Gasteiger partial charge on any atom is 0.0856 e. The Bertz CT molecular complexity index is 86.9. The predicted molar refractivity (Wildman–Crippen MR) is 42.7 cm³/mol. The Morgan fingerprint density at radius 3 is 1.89 bits per heavy atom. The molecule has 0 aromatic heterocycles. The lowest BCUT2D eigenvalue weighted by atomic mass is 10.5. The van der Waals surface area contributed by atoms with Gasteiger partial charge in [0.25, 0.3) is 0 Å². The van der Waals surface area contributed by atoms with Gasteiger partial charge < -0.3 is 4.90 Å². The highest BCUT2D eigenvalue weighted by atomic mass is 15.1. The van der Waals surface area contributed by atoms with Crippen LogP contribution in [0.4, 0.5) is 0 Å². The maximum atomic E-state index is 6.68. The van der Waals surface area contributed by atoms with Crippen molar-refractivity contribution in [1.29, 1.82) is 5.41 Å². The first-order valence-corrected chi connectivity index (χ1v) is 3.07. The maximum absolute atomic E-state index is 6.68.